The van der Waals surface area contributed by atoms with Crippen LogP contribution in [0.5, 0.6) is 0 Å². The molecule has 0 aliphatic heterocycles. The van der Waals surface area contributed by atoms with E-state index in [1.54, 1.807) is 38.4 Å². The van der Waals surface area contributed by atoms with Gasteiger partial charge in [0.1, 0.15) is 5.65 Å². The second-order valence-corrected chi connectivity index (χ2v) is 9.51. The van der Waals surface area contributed by atoms with Crippen molar-refractivity contribution < 1.29 is 4.52 Å². The van der Waals surface area contributed by atoms with Gasteiger partial charge in [0, 0.05) is 59.5 Å². The van der Waals surface area contributed by atoms with E-state index in [0.717, 1.165) is 24.0 Å². The molecule has 0 saturated heterocycles. The van der Waals surface area contributed by atoms with Crippen LogP contribution in [0.4, 0.5) is 11.6 Å². The van der Waals surface area contributed by atoms with Crippen LogP contribution in [0.3, 0.4) is 0 Å². The number of pyridine rings is 1. The minimum atomic E-state index is -0.215. The summed E-state index contributed by atoms with van der Waals surface area (Å²) in [5.41, 5.74) is 4.19. The van der Waals surface area contributed by atoms with Gasteiger partial charge in [-0.25, -0.2) is 4.98 Å². The molecule has 0 aliphatic rings. The Kier molecular flexibility index (Phi) is 6.73. The first-order chi connectivity index (χ1) is 17.8. The molecule has 0 amide bonds. The van der Waals surface area contributed by atoms with Gasteiger partial charge in [-0.05, 0) is 50.3 Å². The van der Waals surface area contributed by atoms with Crippen LogP contribution in [0.2, 0.25) is 5.02 Å². The van der Waals surface area contributed by atoms with E-state index in [0.29, 0.717) is 45.0 Å². The molecule has 0 saturated carbocycles. The lowest BCUT2D eigenvalue weighted by Gasteiger charge is -2.12. The third-order valence-electron chi connectivity index (χ3n) is 6.05. The summed E-state index contributed by atoms with van der Waals surface area (Å²) in [7, 11) is 5.81. The second-order valence-electron chi connectivity index (χ2n) is 9.10. The normalized spacial score (nSPS) is 11.4. The Morgan fingerprint density at radius 3 is 2.51 bits per heavy atom. The lowest BCUT2D eigenvalue weighted by Crippen LogP contribution is -2.20. The fourth-order valence-corrected chi connectivity index (χ4v) is 4.31. The molecule has 9 nitrogen and oxygen atoms in total. The molecule has 0 spiro atoms. The maximum Gasteiger partial charge on any atom is 0.259 e. The summed E-state index contributed by atoms with van der Waals surface area (Å²) in [6, 6.07) is 15.3. The summed E-state index contributed by atoms with van der Waals surface area (Å²) in [6.45, 7) is 2.71. The molecule has 188 valence electrons. The summed E-state index contributed by atoms with van der Waals surface area (Å²) < 4.78 is 6.56. The molecule has 10 heteroatoms. The third kappa shape index (κ3) is 5.23. The average molecular weight is 516 g/mol. The fraction of sp³-hybridized carbons (Fsp3) is 0.222. The monoisotopic (exact) mass is 515 g/mol. The van der Waals surface area contributed by atoms with Crippen molar-refractivity contribution in [3.05, 3.63) is 81.6 Å². The van der Waals surface area contributed by atoms with Gasteiger partial charge in [-0.2, -0.15) is 9.97 Å². The Morgan fingerprint density at radius 2 is 1.84 bits per heavy atom. The van der Waals surface area contributed by atoms with Crippen molar-refractivity contribution in [3.63, 3.8) is 0 Å². The van der Waals surface area contributed by atoms with Crippen molar-refractivity contribution in [2.75, 3.05) is 26.0 Å². The highest BCUT2D eigenvalue weighted by molar-refractivity contribution is 6.33. The first-order valence-electron chi connectivity index (χ1n) is 11.8. The number of rotatable bonds is 7. The second kappa shape index (κ2) is 10.1. The van der Waals surface area contributed by atoms with Crippen LogP contribution in [0.15, 0.2) is 64.0 Å². The van der Waals surface area contributed by atoms with E-state index in [1.165, 1.54) is 10.1 Å². The molecule has 5 rings (SSSR count). The maximum absolute atomic E-state index is 13.3. The average Bonchev–Trinajstić information content (AvgIpc) is 3.32. The van der Waals surface area contributed by atoms with Gasteiger partial charge in [0.25, 0.3) is 5.56 Å². The van der Waals surface area contributed by atoms with Gasteiger partial charge < -0.3 is 14.7 Å². The minimum Gasteiger partial charge on any atom is -0.339 e. The predicted octanol–water partition coefficient (Wildman–Crippen LogP) is 4.86. The molecule has 2 aromatic carbocycles. The number of anilines is 2. The van der Waals surface area contributed by atoms with Gasteiger partial charge in [-0.15, -0.1) is 0 Å². The molecule has 37 heavy (non-hydrogen) atoms. The number of hydrogen-bond acceptors (Lipinski definition) is 8. The summed E-state index contributed by atoms with van der Waals surface area (Å²) in [5, 5.41) is 8.27. The van der Waals surface area contributed by atoms with Crippen molar-refractivity contribution in [1.82, 2.24) is 29.6 Å². The molecule has 5 aromatic rings. The third-order valence-corrected chi connectivity index (χ3v) is 6.36. The highest BCUT2D eigenvalue weighted by Crippen LogP contribution is 2.31. The first-order valence-corrected chi connectivity index (χ1v) is 12.1. The molecular weight excluding hydrogens is 490 g/mol. The topological polar surface area (TPSA) is 102 Å². The molecule has 0 unspecified atom stereocenters. The highest BCUT2D eigenvalue weighted by Gasteiger charge is 2.16. The summed E-state index contributed by atoms with van der Waals surface area (Å²) >= 11 is 6.58. The van der Waals surface area contributed by atoms with Crippen LogP contribution in [-0.2, 0) is 13.5 Å². The van der Waals surface area contributed by atoms with E-state index < -0.39 is 0 Å². The number of aromatic nitrogens is 5. The van der Waals surface area contributed by atoms with Crippen LogP contribution in [-0.4, -0.2) is 50.2 Å². The summed E-state index contributed by atoms with van der Waals surface area (Å²) in [4.78, 5) is 28.7. The number of benzene rings is 2. The number of nitrogens with zero attached hydrogens (tertiary/aromatic N) is 6. The lowest BCUT2D eigenvalue weighted by atomic mass is 10.0. The number of nitrogens with one attached hydrogen (secondary N) is 1. The SMILES string of the molecule is Cc1nc(-c2ccc(-c3cc4cnc(Nc5ccc(CCN(C)C)cc5)nc4n(C)c3=O)c(Cl)c2)no1. The van der Waals surface area contributed by atoms with Crippen molar-refractivity contribution in [2.45, 2.75) is 13.3 Å². The molecule has 1 N–H and O–H groups in total. The highest BCUT2D eigenvalue weighted by atomic mass is 35.5. The van der Waals surface area contributed by atoms with Gasteiger partial charge in [-0.3, -0.25) is 9.36 Å². The zero-order valence-corrected chi connectivity index (χ0v) is 21.7. The Bertz CT molecular complexity index is 1640. The van der Waals surface area contributed by atoms with Crippen molar-refractivity contribution in [2.24, 2.45) is 7.05 Å². The number of hydrogen-bond donors (Lipinski definition) is 1. The molecule has 0 aliphatic carbocycles. The van der Waals surface area contributed by atoms with E-state index in [4.69, 9.17) is 16.1 Å². The standard InChI is InChI=1S/C27H26ClN7O2/c1-16-30-24(33-37-16)18-7-10-21(23(28)14-18)22-13-19-15-29-27(32-25(19)35(4)26(22)36)31-20-8-5-17(6-9-20)11-12-34(2)3/h5-10,13-15H,11-12H2,1-4H3,(H,29,31,32). The van der Waals surface area contributed by atoms with Crippen LogP contribution in [0, 0.1) is 6.92 Å². The Morgan fingerprint density at radius 1 is 1.05 bits per heavy atom. The zero-order valence-electron chi connectivity index (χ0n) is 21.0. The van der Waals surface area contributed by atoms with Gasteiger partial charge >= 0.3 is 0 Å². The number of fused-ring (bicyclic) bond motifs is 1. The van der Waals surface area contributed by atoms with Gasteiger partial charge in [0.05, 0.1) is 0 Å². The number of likely N-dealkylation sites (N-methyl/N-ethyl adjacent to an activating group) is 1. The lowest BCUT2D eigenvalue weighted by molar-refractivity contribution is 0.394. The zero-order chi connectivity index (χ0) is 26.1. The van der Waals surface area contributed by atoms with Gasteiger partial charge in [0.15, 0.2) is 0 Å². The van der Waals surface area contributed by atoms with Crippen molar-refractivity contribution >= 4 is 34.3 Å². The number of aryl methyl sites for hydroxylation is 2. The molecule has 0 fully saturated rings. The first kappa shape index (κ1) is 24.6. The molecule has 3 aromatic heterocycles. The molecule has 0 atom stereocenters. The molecule has 3 heterocycles. The maximum atomic E-state index is 13.3. The largest absolute Gasteiger partial charge is 0.339 e. The van der Waals surface area contributed by atoms with Gasteiger partial charge in [0.2, 0.25) is 17.7 Å². The molecular formula is C27H26ClN7O2. The Labute approximate surface area is 218 Å². The fourth-order valence-electron chi connectivity index (χ4n) is 4.03. The van der Waals surface area contributed by atoms with E-state index >= 15 is 0 Å². The van der Waals surface area contributed by atoms with Crippen LogP contribution in [0.25, 0.3) is 33.5 Å². The minimum absolute atomic E-state index is 0.215. The quantitative estimate of drug-likeness (QED) is 0.328. The van der Waals surface area contributed by atoms with Crippen LogP contribution >= 0.6 is 11.6 Å². The van der Waals surface area contributed by atoms with Crippen LogP contribution in [0.1, 0.15) is 11.5 Å². The van der Waals surface area contributed by atoms with E-state index in [9.17, 15) is 4.79 Å². The van der Waals surface area contributed by atoms with Crippen molar-refractivity contribution in [1.29, 1.82) is 0 Å². The molecule has 0 bridgehead atoms. The smallest absolute Gasteiger partial charge is 0.259 e. The van der Waals surface area contributed by atoms with Gasteiger partial charge in [-0.1, -0.05) is 41.0 Å². The summed E-state index contributed by atoms with van der Waals surface area (Å²) in [6.07, 6.45) is 2.68. The Balaban J connectivity index is 1.43. The van der Waals surface area contributed by atoms with E-state index in [-0.39, 0.29) is 5.56 Å². The summed E-state index contributed by atoms with van der Waals surface area (Å²) in [5.74, 6) is 1.31. The molecule has 0 radical (unpaired) electrons. The Hall–Kier alpha value is -4.08. The van der Waals surface area contributed by atoms with Crippen LogP contribution < -0.4 is 10.9 Å². The van der Waals surface area contributed by atoms with E-state index in [1.807, 2.05) is 18.2 Å². The van der Waals surface area contributed by atoms with E-state index in [2.05, 4.69) is 56.6 Å². The predicted molar refractivity (Wildman–Crippen MR) is 145 cm³/mol. The number of halogens is 1. The van der Waals surface area contributed by atoms with Crippen molar-refractivity contribution in [3.8, 4) is 22.5 Å².